The van der Waals surface area contributed by atoms with E-state index in [1.54, 1.807) is 0 Å². The zero-order valence-electron chi connectivity index (χ0n) is 11.5. The van der Waals surface area contributed by atoms with Gasteiger partial charge in [0.05, 0.1) is 6.61 Å². The molecule has 19 heavy (non-hydrogen) atoms. The quantitative estimate of drug-likeness (QED) is 0.811. The Kier molecular flexibility index (Phi) is 4.16. The smallest absolute Gasteiger partial charge is 0.0558 e. The van der Waals surface area contributed by atoms with Gasteiger partial charge in [-0.05, 0) is 36.9 Å². The van der Waals surface area contributed by atoms with Crippen molar-refractivity contribution in [1.29, 1.82) is 0 Å². The van der Waals surface area contributed by atoms with Crippen molar-refractivity contribution >= 4 is 0 Å². The van der Waals surface area contributed by atoms with Crippen LogP contribution in [0, 0.1) is 0 Å². The lowest BCUT2D eigenvalue weighted by molar-refractivity contribution is 0.173. The van der Waals surface area contributed by atoms with Crippen LogP contribution in [-0.4, -0.2) is 48.8 Å². The van der Waals surface area contributed by atoms with E-state index >= 15 is 0 Å². The maximum Gasteiger partial charge on any atom is 0.0558 e. The summed E-state index contributed by atoms with van der Waals surface area (Å²) >= 11 is 0. The maximum atomic E-state index is 9.25. The van der Waals surface area contributed by atoms with Crippen molar-refractivity contribution in [2.75, 3.05) is 32.8 Å². The lowest BCUT2D eigenvalue weighted by Gasteiger charge is -2.35. The van der Waals surface area contributed by atoms with Gasteiger partial charge in [0.1, 0.15) is 0 Å². The summed E-state index contributed by atoms with van der Waals surface area (Å²) in [7, 11) is 0. The van der Waals surface area contributed by atoms with Crippen molar-refractivity contribution in [3.63, 3.8) is 0 Å². The summed E-state index contributed by atoms with van der Waals surface area (Å²) < 4.78 is 0. The number of aliphatic hydroxyl groups excluding tert-OH is 1. The molecule has 2 N–H and O–H groups in total. The molecule has 0 amide bonds. The van der Waals surface area contributed by atoms with Crippen LogP contribution in [0.2, 0.25) is 0 Å². The Hall–Kier alpha value is -0.900. The SMILES string of the molecule is OCCN(CC1CCCN1)CC1Cc2ccccc21. The first-order valence-corrected chi connectivity index (χ1v) is 7.51. The molecule has 1 aliphatic carbocycles. The van der Waals surface area contributed by atoms with E-state index in [2.05, 4.69) is 34.5 Å². The molecular weight excluding hydrogens is 236 g/mol. The molecule has 1 heterocycles. The largest absolute Gasteiger partial charge is 0.395 e. The second-order valence-electron chi connectivity index (χ2n) is 5.88. The Labute approximate surface area is 115 Å². The molecule has 1 fully saturated rings. The van der Waals surface area contributed by atoms with Crippen LogP contribution in [0.15, 0.2) is 24.3 Å². The van der Waals surface area contributed by atoms with Crippen molar-refractivity contribution in [3.05, 3.63) is 35.4 Å². The first kappa shape index (κ1) is 13.1. The Morgan fingerprint density at radius 2 is 2.16 bits per heavy atom. The minimum atomic E-state index is 0.265. The van der Waals surface area contributed by atoms with Gasteiger partial charge in [-0.1, -0.05) is 24.3 Å². The first-order chi connectivity index (χ1) is 9.36. The fraction of sp³-hybridized carbons (Fsp3) is 0.625. The average molecular weight is 260 g/mol. The van der Waals surface area contributed by atoms with Gasteiger partial charge in [-0.2, -0.15) is 0 Å². The molecule has 1 aromatic rings. The van der Waals surface area contributed by atoms with E-state index in [0.29, 0.717) is 12.0 Å². The van der Waals surface area contributed by atoms with Gasteiger partial charge >= 0.3 is 0 Å². The summed E-state index contributed by atoms with van der Waals surface area (Å²) in [5, 5.41) is 12.8. The minimum Gasteiger partial charge on any atom is -0.395 e. The van der Waals surface area contributed by atoms with Crippen molar-refractivity contribution < 1.29 is 5.11 Å². The summed E-state index contributed by atoms with van der Waals surface area (Å²) in [6, 6.07) is 9.39. The van der Waals surface area contributed by atoms with E-state index in [0.717, 1.165) is 26.2 Å². The van der Waals surface area contributed by atoms with Crippen LogP contribution in [0.4, 0.5) is 0 Å². The van der Waals surface area contributed by atoms with Crippen LogP contribution in [0.5, 0.6) is 0 Å². The number of nitrogens with zero attached hydrogens (tertiary/aromatic N) is 1. The predicted molar refractivity (Wildman–Crippen MR) is 77.4 cm³/mol. The molecule has 0 saturated carbocycles. The number of nitrogens with one attached hydrogen (secondary N) is 1. The van der Waals surface area contributed by atoms with Gasteiger partial charge in [0.25, 0.3) is 0 Å². The maximum absolute atomic E-state index is 9.25. The van der Waals surface area contributed by atoms with Gasteiger partial charge in [0.15, 0.2) is 0 Å². The van der Waals surface area contributed by atoms with E-state index < -0.39 is 0 Å². The van der Waals surface area contributed by atoms with Crippen LogP contribution < -0.4 is 5.32 Å². The van der Waals surface area contributed by atoms with Crippen molar-refractivity contribution in [2.24, 2.45) is 0 Å². The van der Waals surface area contributed by atoms with Crippen molar-refractivity contribution in [2.45, 2.75) is 31.2 Å². The summed E-state index contributed by atoms with van der Waals surface area (Å²) in [5.41, 5.74) is 3.03. The van der Waals surface area contributed by atoms with Crippen LogP contribution in [0.3, 0.4) is 0 Å². The third-order valence-electron chi connectivity index (χ3n) is 4.50. The molecular formula is C16H24N2O. The van der Waals surface area contributed by atoms with Crippen LogP contribution >= 0.6 is 0 Å². The molecule has 1 aromatic carbocycles. The summed E-state index contributed by atoms with van der Waals surface area (Å²) in [6.45, 7) is 4.40. The topological polar surface area (TPSA) is 35.5 Å². The van der Waals surface area contributed by atoms with Crippen molar-refractivity contribution in [3.8, 4) is 0 Å². The predicted octanol–water partition coefficient (Wildman–Crippen LogP) is 1.37. The highest BCUT2D eigenvalue weighted by atomic mass is 16.3. The monoisotopic (exact) mass is 260 g/mol. The van der Waals surface area contributed by atoms with Gasteiger partial charge in [-0.15, -0.1) is 0 Å². The number of benzene rings is 1. The van der Waals surface area contributed by atoms with Gasteiger partial charge in [0.2, 0.25) is 0 Å². The van der Waals surface area contributed by atoms with Crippen LogP contribution in [-0.2, 0) is 6.42 Å². The first-order valence-electron chi connectivity index (χ1n) is 7.51. The molecule has 3 rings (SSSR count). The summed E-state index contributed by atoms with van der Waals surface area (Å²) in [6.07, 6.45) is 3.78. The van der Waals surface area contributed by atoms with Crippen LogP contribution in [0.25, 0.3) is 0 Å². The van der Waals surface area contributed by atoms with Gasteiger partial charge < -0.3 is 10.4 Å². The summed E-state index contributed by atoms with van der Waals surface area (Å²) in [4.78, 5) is 2.43. The third-order valence-corrected chi connectivity index (χ3v) is 4.50. The molecule has 2 unspecified atom stereocenters. The molecule has 0 radical (unpaired) electrons. The van der Waals surface area contributed by atoms with Gasteiger partial charge in [0, 0.05) is 31.6 Å². The van der Waals surface area contributed by atoms with Crippen LogP contribution in [0.1, 0.15) is 29.9 Å². The standard InChI is InChI=1S/C16H24N2O/c19-9-8-18(12-15-5-3-7-17-15)11-14-10-13-4-1-2-6-16(13)14/h1-2,4,6,14-15,17,19H,3,5,7-12H2. The van der Waals surface area contributed by atoms with E-state index in [1.807, 2.05) is 0 Å². The molecule has 1 saturated heterocycles. The van der Waals surface area contributed by atoms with Gasteiger partial charge in [-0.3, -0.25) is 4.90 Å². The molecule has 2 atom stereocenters. The molecule has 1 aliphatic heterocycles. The average Bonchev–Trinajstić information content (AvgIpc) is 2.89. The molecule has 3 heteroatoms. The highest BCUT2D eigenvalue weighted by Crippen LogP contribution is 2.35. The molecule has 0 aromatic heterocycles. The highest BCUT2D eigenvalue weighted by Gasteiger charge is 2.28. The normalized spacial score (nSPS) is 25.4. The number of rotatable bonds is 6. The number of fused-ring (bicyclic) bond motifs is 1. The summed E-state index contributed by atoms with van der Waals surface area (Å²) in [5.74, 6) is 0.671. The van der Waals surface area contributed by atoms with E-state index in [9.17, 15) is 5.11 Å². The Balaban J connectivity index is 1.56. The number of hydrogen-bond acceptors (Lipinski definition) is 3. The highest BCUT2D eigenvalue weighted by molar-refractivity contribution is 5.40. The van der Waals surface area contributed by atoms with E-state index in [4.69, 9.17) is 0 Å². The van der Waals surface area contributed by atoms with Gasteiger partial charge in [-0.25, -0.2) is 0 Å². The molecule has 0 spiro atoms. The zero-order chi connectivity index (χ0) is 13.1. The molecule has 0 bridgehead atoms. The third kappa shape index (κ3) is 2.99. The van der Waals surface area contributed by atoms with Crippen molar-refractivity contribution in [1.82, 2.24) is 10.2 Å². The fourth-order valence-corrected chi connectivity index (χ4v) is 3.46. The number of aliphatic hydroxyl groups is 1. The Morgan fingerprint density at radius 3 is 2.89 bits per heavy atom. The Morgan fingerprint density at radius 1 is 1.26 bits per heavy atom. The second-order valence-corrected chi connectivity index (χ2v) is 5.88. The second kappa shape index (κ2) is 6.04. The lowest BCUT2D eigenvalue weighted by atomic mass is 9.77. The minimum absolute atomic E-state index is 0.265. The van der Waals surface area contributed by atoms with E-state index in [1.165, 1.54) is 30.4 Å². The Bertz CT molecular complexity index is 415. The number of hydrogen-bond donors (Lipinski definition) is 2. The zero-order valence-corrected chi connectivity index (χ0v) is 11.5. The fourth-order valence-electron chi connectivity index (χ4n) is 3.46. The lowest BCUT2D eigenvalue weighted by Crippen LogP contribution is -2.42. The molecule has 104 valence electrons. The van der Waals surface area contributed by atoms with E-state index in [-0.39, 0.29) is 6.61 Å². The molecule has 3 nitrogen and oxygen atoms in total. The molecule has 2 aliphatic rings.